The minimum absolute atomic E-state index is 0.00597. The first-order valence-corrected chi connectivity index (χ1v) is 27.3. The fourth-order valence-electron chi connectivity index (χ4n) is 7.69. The molecule has 0 radical (unpaired) electrons. The molecule has 0 saturated carbocycles. The Morgan fingerprint density at radius 1 is 0.630 bits per heavy atom. The van der Waals surface area contributed by atoms with E-state index in [0.29, 0.717) is 46.4 Å². The summed E-state index contributed by atoms with van der Waals surface area (Å²) in [6.07, 6.45) is 26.6. The van der Waals surface area contributed by atoms with Crippen molar-refractivity contribution >= 4 is 51.6 Å². The first-order chi connectivity index (χ1) is 35.4. The lowest BCUT2D eigenvalue weighted by Crippen LogP contribution is -2.31. The fourth-order valence-corrected chi connectivity index (χ4v) is 8.56. The van der Waals surface area contributed by atoms with E-state index in [9.17, 15) is 39.9 Å². The monoisotopic (exact) mass is 1030 g/mol. The lowest BCUT2D eigenvalue weighted by molar-refractivity contribution is -0.152. The van der Waals surface area contributed by atoms with Gasteiger partial charge in [0.1, 0.15) is 30.2 Å². The minimum Gasteiger partial charge on any atom is -0.481 e. The number of carbonyl (C=O) groups excluding carboxylic acids is 2. The Balaban J connectivity index is 1.84. The number of nitrogens with zero attached hydrogens (tertiary/aromatic N) is 5. The quantitative estimate of drug-likeness (QED) is 0.0272. The molecule has 1 aromatic heterocycles. The average molecular weight is 1030 g/mol. The summed E-state index contributed by atoms with van der Waals surface area (Å²) in [5.41, 5.74) is 3.16. The molecule has 0 spiro atoms. The summed E-state index contributed by atoms with van der Waals surface area (Å²) in [7, 11) is 0. The number of carboxylic acids is 2. The number of unbranched alkanes of at least 4 members (excludes halogenated alkanes) is 14. The summed E-state index contributed by atoms with van der Waals surface area (Å²) in [6, 6.07) is 9.86. The van der Waals surface area contributed by atoms with Crippen molar-refractivity contribution in [1.29, 1.82) is 10.5 Å². The molecule has 2 atom stereocenters. The first-order valence-electron chi connectivity index (χ1n) is 26.5. The largest absolute Gasteiger partial charge is 0.481 e. The van der Waals surface area contributed by atoms with E-state index in [2.05, 4.69) is 41.1 Å². The molecule has 0 aliphatic carbocycles. The van der Waals surface area contributed by atoms with Gasteiger partial charge in [-0.15, -0.1) is 21.6 Å². The van der Waals surface area contributed by atoms with Gasteiger partial charge in [0.2, 0.25) is 0 Å². The lowest BCUT2D eigenvalue weighted by Gasteiger charge is -2.25. The van der Waals surface area contributed by atoms with Crippen molar-refractivity contribution in [2.24, 2.45) is 22.1 Å². The van der Waals surface area contributed by atoms with Crippen LogP contribution in [0.4, 0.5) is 16.4 Å². The number of rotatable bonds is 44. The molecule has 0 aliphatic heterocycles. The topological polar surface area (TPSA) is 230 Å². The second-order valence-electron chi connectivity index (χ2n) is 18.1. The van der Waals surface area contributed by atoms with E-state index < -0.39 is 35.7 Å². The molecule has 0 bridgehead atoms. The Kier molecular flexibility index (Phi) is 35.7. The van der Waals surface area contributed by atoms with Crippen LogP contribution in [0, 0.1) is 48.3 Å². The third-order valence-corrected chi connectivity index (χ3v) is 13.2. The summed E-state index contributed by atoms with van der Waals surface area (Å²) in [5, 5.41) is 47.4. The SMILES string of the molecule is CCCCCCC/C=C/CC(CC(=O)OCCOCCOCCN(CCOCCOC(=O)CC(C/C=C/CCCCCCCCCCC)C(=O)O)c1ccc(N=Nc2sc(C#N)c(C)c2C#N)c(C)c1)C(=O)O. The normalized spacial score (nSPS) is 12.3. The van der Waals surface area contributed by atoms with Gasteiger partial charge in [-0.1, -0.05) is 115 Å². The van der Waals surface area contributed by atoms with E-state index in [1.807, 2.05) is 49.4 Å². The van der Waals surface area contributed by atoms with E-state index in [1.54, 1.807) is 6.92 Å². The number of carboxylic acid groups (broad SMARTS) is 2. The van der Waals surface area contributed by atoms with Gasteiger partial charge in [-0.05, 0) is 81.7 Å². The number of benzene rings is 1. The molecule has 1 aromatic carbocycles. The highest BCUT2D eigenvalue weighted by Crippen LogP contribution is 2.36. The van der Waals surface area contributed by atoms with Crippen molar-refractivity contribution in [1.82, 2.24) is 0 Å². The highest BCUT2D eigenvalue weighted by Gasteiger charge is 2.22. The standard InChI is InChI=1S/C56H83N5O11S/c1-5-7-9-11-13-15-16-17-18-20-22-24-26-46(55(64)65)40-52(62)71-37-35-69-32-30-61(48-27-28-50(44(3)39-48)59-60-54-49(42-57)45(4)51(43-58)73-54)29-31-68-33-34-70-36-38-72-53(63)41-47(56(66)67)25-23-21-19-14-12-10-8-6-2/h21-24,27-28,39,46-47H,5-20,25-26,29-38,40-41H2,1-4H3,(H,64,65)(H,66,67)/b23-21+,24-22+,60-59?. The number of carbonyl (C=O) groups is 4. The molecule has 0 amide bonds. The van der Waals surface area contributed by atoms with Crippen LogP contribution in [0.5, 0.6) is 0 Å². The van der Waals surface area contributed by atoms with Crippen LogP contribution in [-0.2, 0) is 42.9 Å². The van der Waals surface area contributed by atoms with Gasteiger partial charge in [0.15, 0.2) is 5.00 Å². The number of aliphatic carboxylic acids is 2. The Morgan fingerprint density at radius 3 is 1.55 bits per heavy atom. The molecular weight excluding hydrogens is 951 g/mol. The number of ether oxygens (including phenoxy) is 5. The van der Waals surface area contributed by atoms with Gasteiger partial charge in [0, 0.05) is 18.8 Å². The molecule has 404 valence electrons. The van der Waals surface area contributed by atoms with E-state index in [0.717, 1.165) is 61.1 Å². The number of hydrogen-bond acceptors (Lipinski definition) is 15. The third kappa shape index (κ3) is 29.1. The maximum atomic E-state index is 12.6. The van der Waals surface area contributed by atoms with E-state index >= 15 is 0 Å². The predicted octanol–water partition coefficient (Wildman–Crippen LogP) is 12.8. The molecule has 2 N–H and O–H groups in total. The Labute approximate surface area is 438 Å². The smallest absolute Gasteiger partial charge is 0.307 e. The molecule has 0 saturated heterocycles. The summed E-state index contributed by atoms with van der Waals surface area (Å²) < 4.78 is 27.9. The third-order valence-electron chi connectivity index (χ3n) is 12.1. The highest BCUT2D eigenvalue weighted by atomic mass is 32.1. The number of azo groups is 1. The molecule has 1 heterocycles. The van der Waals surface area contributed by atoms with Gasteiger partial charge < -0.3 is 38.8 Å². The second kappa shape index (κ2) is 41.0. The number of hydrogen-bond donors (Lipinski definition) is 2. The van der Waals surface area contributed by atoms with Crippen molar-refractivity contribution in [3.63, 3.8) is 0 Å². The van der Waals surface area contributed by atoms with Crippen LogP contribution in [-0.4, -0.2) is 100 Å². The summed E-state index contributed by atoms with van der Waals surface area (Å²) in [4.78, 5) is 51.0. The van der Waals surface area contributed by atoms with Crippen LogP contribution in [0.1, 0.15) is 164 Å². The van der Waals surface area contributed by atoms with Crippen LogP contribution in [0.15, 0.2) is 52.7 Å². The van der Waals surface area contributed by atoms with Gasteiger partial charge in [0.25, 0.3) is 0 Å². The van der Waals surface area contributed by atoms with Gasteiger partial charge in [-0.3, -0.25) is 19.2 Å². The number of esters is 2. The van der Waals surface area contributed by atoms with Crippen LogP contribution in [0.3, 0.4) is 0 Å². The van der Waals surface area contributed by atoms with Crippen molar-refractivity contribution in [3.05, 3.63) is 64.1 Å². The number of aryl methyl sites for hydroxylation is 1. The van der Waals surface area contributed by atoms with E-state index in [1.165, 1.54) is 64.2 Å². The number of allylic oxidation sites excluding steroid dienone is 4. The molecule has 17 heteroatoms. The van der Waals surface area contributed by atoms with Crippen molar-refractivity contribution in [2.45, 2.75) is 156 Å². The van der Waals surface area contributed by atoms with Crippen molar-refractivity contribution < 1.29 is 53.1 Å². The molecule has 2 aromatic rings. The molecule has 2 unspecified atom stereocenters. The summed E-state index contributed by atoms with van der Waals surface area (Å²) in [6.45, 7) is 10.3. The number of nitriles is 2. The first kappa shape index (κ1) is 63.7. The van der Waals surface area contributed by atoms with Gasteiger partial charge in [-0.2, -0.15) is 10.5 Å². The zero-order chi connectivity index (χ0) is 53.3. The van der Waals surface area contributed by atoms with Crippen molar-refractivity contribution in [2.75, 3.05) is 70.8 Å². The average Bonchev–Trinajstić information content (AvgIpc) is 3.69. The summed E-state index contributed by atoms with van der Waals surface area (Å²) >= 11 is 1.12. The number of anilines is 1. The van der Waals surface area contributed by atoms with E-state index in [4.69, 9.17) is 23.7 Å². The lowest BCUT2D eigenvalue weighted by atomic mass is 10.0. The van der Waals surface area contributed by atoms with Gasteiger partial charge in [0.05, 0.1) is 75.6 Å². The fraction of sp³-hybridized carbons (Fsp3) is 0.643. The van der Waals surface area contributed by atoms with Crippen LogP contribution >= 0.6 is 11.3 Å². The number of thiophene rings is 1. The van der Waals surface area contributed by atoms with Gasteiger partial charge in [-0.25, -0.2) is 0 Å². The maximum Gasteiger partial charge on any atom is 0.307 e. The maximum absolute atomic E-state index is 12.6. The van der Waals surface area contributed by atoms with Crippen LogP contribution < -0.4 is 4.90 Å². The van der Waals surface area contributed by atoms with Gasteiger partial charge >= 0.3 is 23.9 Å². The highest BCUT2D eigenvalue weighted by molar-refractivity contribution is 7.16. The Bertz CT molecular complexity index is 2070. The molecule has 0 aliphatic rings. The zero-order valence-corrected chi connectivity index (χ0v) is 44.9. The van der Waals surface area contributed by atoms with Crippen molar-refractivity contribution in [3.8, 4) is 12.1 Å². The predicted molar refractivity (Wildman–Crippen MR) is 285 cm³/mol. The van der Waals surface area contributed by atoms with Crippen LogP contribution in [0.25, 0.3) is 0 Å². The second-order valence-corrected chi connectivity index (χ2v) is 19.1. The Hall–Kier alpha value is -5.46. The Morgan fingerprint density at radius 2 is 1.10 bits per heavy atom. The molecule has 2 rings (SSSR count). The van der Waals surface area contributed by atoms with E-state index in [-0.39, 0.29) is 71.9 Å². The minimum atomic E-state index is -1.03. The molecule has 73 heavy (non-hydrogen) atoms. The van der Waals surface area contributed by atoms with Crippen LogP contribution in [0.2, 0.25) is 0 Å². The summed E-state index contributed by atoms with van der Waals surface area (Å²) in [5.74, 6) is -4.95. The molecule has 16 nitrogen and oxygen atoms in total. The zero-order valence-electron chi connectivity index (χ0n) is 44.1. The molecule has 0 fully saturated rings. The molecular formula is C56H83N5O11S.